The molecule has 1 atom stereocenters. The van der Waals surface area contributed by atoms with Gasteiger partial charge in [-0.3, -0.25) is 14.5 Å². The van der Waals surface area contributed by atoms with Crippen LogP contribution in [-0.4, -0.2) is 43.2 Å². The molecule has 2 heterocycles. The van der Waals surface area contributed by atoms with E-state index in [9.17, 15) is 9.59 Å². The van der Waals surface area contributed by atoms with Crippen molar-refractivity contribution >= 4 is 46.1 Å². The lowest BCUT2D eigenvalue weighted by molar-refractivity contribution is -0.127. The summed E-state index contributed by atoms with van der Waals surface area (Å²) in [5, 5.41) is 6.13. The summed E-state index contributed by atoms with van der Waals surface area (Å²) in [5.41, 5.74) is 2.67. The van der Waals surface area contributed by atoms with E-state index in [0.717, 1.165) is 22.7 Å². The minimum atomic E-state index is -0.693. The number of fused-ring (bicyclic) bond motifs is 1. The molecule has 3 aromatic rings. The van der Waals surface area contributed by atoms with Gasteiger partial charge in [-0.25, -0.2) is 4.98 Å². The van der Waals surface area contributed by atoms with Crippen molar-refractivity contribution in [2.24, 2.45) is 0 Å². The third kappa shape index (κ3) is 4.77. The molecule has 0 bridgehead atoms. The topological polar surface area (TPSA) is 80.8 Å². The number of benzene rings is 2. The Morgan fingerprint density at radius 3 is 2.91 bits per heavy atom. The number of para-hydroxylation sites is 1. The molecule has 0 saturated heterocycles. The lowest BCUT2D eigenvalue weighted by Gasteiger charge is -2.32. The normalized spacial score (nSPS) is 15.3. The number of halogens is 1. The van der Waals surface area contributed by atoms with Gasteiger partial charge >= 0.3 is 0 Å². The van der Waals surface area contributed by atoms with E-state index < -0.39 is 6.10 Å². The zero-order valence-electron chi connectivity index (χ0n) is 17.6. The van der Waals surface area contributed by atoms with Crippen LogP contribution in [-0.2, 0) is 20.7 Å². The van der Waals surface area contributed by atoms with Crippen LogP contribution in [0.3, 0.4) is 0 Å². The van der Waals surface area contributed by atoms with Crippen molar-refractivity contribution in [1.29, 1.82) is 0 Å². The van der Waals surface area contributed by atoms with Gasteiger partial charge in [-0.15, -0.1) is 11.3 Å². The fourth-order valence-electron chi connectivity index (χ4n) is 3.37. The number of carbonyl (C=O) groups is 2. The zero-order valence-corrected chi connectivity index (χ0v) is 19.2. The van der Waals surface area contributed by atoms with E-state index in [1.165, 1.54) is 4.90 Å². The minimum Gasteiger partial charge on any atom is -0.479 e. The van der Waals surface area contributed by atoms with Crippen molar-refractivity contribution in [3.63, 3.8) is 0 Å². The van der Waals surface area contributed by atoms with Crippen molar-refractivity contribution in [2.45, 2.75) is 19.4 Å². The van der Waals surface area contributed by atoms with Crippen LogP contribution < -0.4 is 15.0 Å². The molecular weight excluding hydrogens is 450 g/mol. The monoisotopic (exact) mass is 471 g/mol. The molecule has 9 heteroatoms. The van der Waals surface area contributed by atoms with Crippen molar-refractivity contribution in [3.8, 4) is 17.0 Å². The number of ether oxygens (including phenoxy) is 2. The van der Waals surface area contributed by atoms with Crippen LogP contribution in [0, 0.1) is 0 Å². The first-order valence-electron chi connectivity index (χ1n) is 10.1. The molecule has 1 aliphatic heterocycles. The quantitative estimate of drug-likeness (QED) is 0.552. The number of nitrogens with one attached hydrogen (secondary N) is 1. The number of aromatic nitrogens is 1. The first kappa shape index (κ1) is 22.3. The molecule has 0 spiro atoms. The SMILES string of the molecule is COCCc1nc(-c2ccc3c(c2)N(CC(=O)Nc2ccccc2Cl)C(=O)C(C)O3)cs1. The van der Waals surface area contributed by atoms with Gasteiger partial charge in [0, 0.05) is 24.5 Å². The zero-order chi connectivity index (χ0) is 22.7. The molecule has 1 N–H and O–H groups in total. The highest BCUT2D eigenvalue weighted by Gasteiger charge is 2.33. The van der Waals surface area contributed by atoms with Gasteiger partial charge in [-0.05, 0) is 37.3 Å². The number of anilines is 2. The van der Waals surface area contributed by atoms with Gasteiger partial charge in [-0.1, -0.05) is 23.7 Å². The van der Waals surface area contributed by atoms with Gasteiger partial charge in [-0.2, -0.15) is 0 Å². The second-order valence-electron chi connectivity index (χ2n) is 7.26. The molecular formula is C23H22ClN3O4S. The summed E-state index contributed by atoms with van der Waals surface area (Å²) in [6.45, 7) is 2.11. The first-order valence-corrected chi connectivity index (χ1v) is 11.3. The Morgan fingerprint density at radius 1 is 1.31 bits per heavy atom. The van der Waals surface area contributed by atoms with E-state index in [0.29, 0.717) is 28.8 Å². The highest BCUT2D eigenvalue weighted by Crippen LogP contribution is 2.38. The van der Waals surface area contributed by atoms with Crippen LogP contribution in [0.25, 0.3) is 11.3 Å². The van der Waals surface area contributed by atoms with Crippen molar-refractivity contribution < 1.29 is 19.1 Å². The second-order valence-corrected chi connectivity index (χ2v) is 8.61. The fraction of sp³-hybridized carbons (Fsp3) is 0.261. The van der Waals surface area contributed by atoms with Gasteiger partial charge in [0.2, 0.25) is 5.91 Å². The molecule has 1 aromatic heterocycles. The predicted octanol–water partition coefficient (Wildman–Crippen LogP) is 4.41. The molecule has 2 amide bonds. The molecule has 0 fully saturated rings. The number of carbonyl (C=O) groups excluding carboxylic acids is 2. The van der Waals surface area contributed by atoms with Crippen LogP contribution >= 0.6 is 22.9 Å². The number of methoxy groups -OCH3 is 1. The van der Waals surface area contributed by atoms with Crippen LogP contribution in [0.5, 0.6) is 5.75 Å². The molecule has 1 unspecified atom stereocenters. The number of amides is 2. The van der Waals surface area contributed by atoms with Gasteiger partial charge < -0.3 is 14.8 Å². The summed E-state index contributed by atoms with van der Waals surface area (Å²) in [5.74, 6) is -0.100. The third-order valence-electron chi connectivity index (χ3n) is 4.98. The van der Waals surface area contributed by atoms with E-state index in [4.69, 9.17) is 21.1 Å². The molecule has 7 nitrogen and oxygen atoms in total. The highest BCUT2D eigenvalue weighted by molar-refractivity contribution is 7.09. The van der Waals surface area contributed by atoms with E-state index >= 15 is 0 Å². The van der Waals surface area contributed by atoms with Gasteiger partial charge in [0.25, 0.3) is 5.91 Å². The predicted molar refractivity (Wildman–Crippen MR) is 126 cm³/mol. The molecule has 4 rings (SSSR count). The maximum atomic E-state index is 12.9. The number of hydrogen-bond donors (Lipinski definition) is 1. The van der Waals surface area contributed by atoms with E-state index in [-0.39, 0.29) is 18.4 Å². The summed E-state index contributed by atoms with van der Waals surface area (Å²) < 4.78 is 10.9. The van der Waals surface area contributed by atoms with Crippen LogP contribution in [0.2, 0.25) is 5.02 Å². The van der Waals surface area contributed by atoms with E-state index in [2.05, 4.69) is 10.3 Å². The number of nitrogens with zero attached hydrogens (tertiary/aromatic N) is 2. The van der Waals surface area contributed by atoms with Crippen molar-refractivity contribution in [3.05, 3.63) is 57.9 Å². The average molecular weight is 472 g/mol. The molecule has 2 aromatic carbocycles. The number of rotatable bonds is 7. The third-order valence-corrected chi connectivity index (χ3v) is 6.22. The van der Waals surface area contributed by atoms with Gasteiger partial charge in [0.15, 0.2) is 6.10 Å². The van der Waals surface area contributed by atoms with Crippen LogP contribution in [0.4, 0.5) is 11.4 Å². The van der Waals surface area contributed by atoms with E-state index in [1.807, 2.05) is 17.5 Å². The largest absolute Gasteiger partial charge is 0.479 e. The lowest BCUT2D eigenvalue weighted by atomic mass is 10.1. The lowest BCUT2D eigenvalue weighted by Crippen LogP contribution is -2.47. The first-order chi connectivity index (χ1) is 15.5. The Kier molecular flexibility index (Phi) is 6.74. The summed E-state index contributed by atoms with van der Waals surface area (Å²) in [6, 6.07) is 12.5. The van der Waals surface area contributed by atoms with Crippen LogP contribution in [0.15, 0.2) is 47.8 Å². The Labute approximate surface area is 194 Å². The Bertz CT molecular complexity index is 1150. The summed E-state index contributed by atoms with van der Waals surface area (Å²) in [6.07, 6.45) is 0.0425. The molecule has 32 heavy (non-hydrogen) atoms. The fourth-order valence-corrected chi connectivity index (χ4v) is 4.34. The molecule has 0 aliphatic carbocycles. The Balaban J connectivity index is 1.59. The Hall–Kier alpha value is -2.94. The number of thiazole rings is 1. The van der Waals surface area contributed by atoms with Crippen LogP contribution in [0.1, 0.15) is 11.9 Å². The van der Waals surface area contributed by atoms with E-state index in [1.54, 1.807) is 55.7 Å². The minimum absolute atomic E-state index is 0.162. The molecule has 1 aliphatic rings. The molecule has 0 radical (unpaired) electrons. The molecule has 166 valence electrons. The summed E-state index contributed by atoms with van der Waals surface area (Å²) in [4.78, 5) is 31.7. The van der Waals surface area contributed by atoms with Gasteiger partial charge in [0.1, 0.15) is 12.3 Å². The summed E-state index contributed by atoms with van der Waals surface area (Å²) in [7, 11) is 1.66. The highest BCUT2D eigenvalue weighted by atomic mass is 35.5. The van der Waals surface area contributed by atoms with Crippen molar-refractivity contribution in [2.75, 3.05) is 30.5 Å². The standard InChI is InChI=1S/C23H22ClN3O4S/c1-14-23(29)27(12-21(28)25-17-6-4-3-5-16(17)24)19-11-15(7-8-20(19)31-14)18-13-32-22(26-18)9-10-30-2/h3-8,11,13-14H,9-10,12H2,1-2H3,(H,25,28). The maximum absolute atomic E-state index is 12.9. The average Bonchev–Trinajstić information content (AvgIpc) is 3.26. The maximum Gasteiger partial charge on any atom is 0.268 e. The molecule has 0 saturated carbocycles. The smallest absolute Gasteiger partial charge is 0.268 e. The van der Waals surface area contributed by atoms with Gasteiger partial charge in [0.05, 0.1) is 33.7 Å². The van der Waals surface area contributed by atoms with Crippen molar-refractivity contribution in [1.82, 2.24) is 4.98 Å². The summed E-state index contributed by atoms with van der Waals surface area (Å²) >= 11 is 7.69. The number of hydrogen-bond acceptors (Lipinski definition) is 6. The Morgan fingerprint density at radius 2 is 2.12 bits per heavy atom. The second kappa shape index (κ2) is 9.68.